The molecule has 0 aliphatic rings. The number of benzene rings is 1. The van der Waals surface area contributed by atoms with Crippen molar-refractivity contribution in [2.45, 2.75) is 12.3 Å². The van der Waals surface area contributed by atoms with E-state index < -0.39 is 0 Å². The summed E-state index contributed by atoms with van der Waals surface area (Å²) < 4.78 is 10.4. The molecule has 0 saturated carbocycles. The van der Waals surface area contributed by atoms with Crippen molar-refractivity contribution in [2.75, 3.05) is 14.2 Å². The molecule has 0 amide bonds. The molecule has 0 radical (unpaired) electrons. The van der Waals surface area contributed by atoms with Crippen LogP contribution in [0.1, 0.15) is 17.9 Å². The Bertz CT molecular complexity index is 540. The molecule has 0 aliphatic carbocycles. The molecule has 0 saturated heterocycles. The number of ether oxygens (including phenoxy) is 2. The molecule has 3 nitrogen and oxygen atoms in total. The number of pyridine rings is 1. The largest absolute Gasteiger partial charge is 0.491 e. The molecule has 90 valence electrons. The Morgan fingerprint density at radius 1 is 1.18 bits per heavy atom. The van der Waals surface area contributed by atoms with Crippen LogP contribution in [-0.4, -0.2) is 19.2 Å². The zero-order valence-electron chi connectivity index (χ0n) is 10.0. The normalized spacial score (nSPS) is 12.5. The van der Waals surface area contributed by atoms with Gasteiger partial charge in [0.25, 0.3) is 5.88 Å². The van der Waals surface area contributed by atoms with Crippen molar-refractivity contribution in [3.63, 3.8) is 0 Å². The molecular weight excluding hydrogens is 238 g/mol. The van der Waals surface area contributed by atoms with E-state index in [1.165, 1.54) is 0 Å². The van der Waals surface area contributed by atoms with E-state index >= 15 is 0 Å². The molecular formula is C13H14ClNO2. The molecule has 1 unspecified atom stereocenters. The maximum absolute atomic E-state index is 6.05. The van der Waals surface area contributed by atoms with Gasteiger partial charge in [0, 0.05) is 5.39 Å². The molecule has 1 heterocycles. The van der Waals surface area contributed by atoms with Gasteiger partial charge >= 0.3 is 0 Å². The van der Waals surface area contributed by atoms with Gasteiger partial charge in [0.1, 0.15) is 0 Å². The number of aromatic nitrogens is 1. The zero-order chi connectivity index (χ0) is 12.4. The lowest BCUT2D eigenvalue weighted by Gasteiger charge is -2.09. The fraction of sp³-hybridized carbons (Fsp3) is 0.308. The lowest BCUT2D eigenvalue weighted by molar-refractivity contribution is 0.345. The standard InChI is InChI=1S/C13H14ClNO2/c1-8(14)9-4-5-10-7-12(16-2)13(17-3)15-11(10)6-9/h4-8H,1-3H3. The quantitative estimate of drug-likeness (QED) is 0.782. The molecule has 1 atom stereocenters. The average molecular weight is 252 g/mol. The van der Waals surface area contributed by atoms with Gasteiger partial charge in [0.2, 0.25) is 0 Å². The summed E-state index contributed by atoms with van der Waals surface area (Å²) in [5, 5.41) is 0.970. The predicted molar refractivity (Wildman–Crippen MR) is 69.1 cm³/mol. The summed E-state index contributed by atoms with van der Waals surface area (Å²) >= 11 is 6.05. The van der Waals surface area contributed by atoms with Gasteiger partial charge in [-0.3, -0.25) is 0 Å². The molecule has 4 heteroatoms. The van der Waals surface area contributed by atoms with E-state index in [-0.39, 0.29) is 5.38 Å². The van der Waals surface area contributed by atoms with Crippen molar-refractivity contribution in [1.82, 2.24) is 4.98 Å². The van der Waals surface area contributed by atoms with Gasteiger partial charge < -0.3 is 9.47 Å². The van der Waals surface area contributed by atoms with E-state index in [4.69, 9.17) is 21.1 Å². The second-order valence-electron chi connectivity index (χ2n) is 3.77. The SMILES string of the molecule is COc1cc2ccc(C(C)Cl)cc2nc1OC. The molecule has 1 aromatic carbocycles. The summed E-state index contributed by atoms with van der Waals surface area (Å²) in [5.41, 5.74) is 1.89. The minimum atomic E-state index is -0.0331. The van der Waals surface area contributed by atoms with Gasteiger partial charge in [-0.15, -0.1) is 11.6 Å². The number of halogens is 1. The lowest BCUT2D eigenvalue weighted by atomic mass is 10.1. The topological polar surface area (TPSA) is 31.4 Å². The second-order valence-corrected chi connectivity index (χ2v) is 4.42. The van der Waals surface area contributed by atoms with Crippen molar-refractivity contribution in [3.8, 4) is 11.6 Å². The Kier molecular flexibility index (Phi) is 3.38. The summed E-state index contributed by atoms with van der Waals surface area (Å²) in [6.45, 7) is 1.93. The van der Waals surface area contributed by atoms with Crippen molar-refractivity contribution >= 4 is 22.5 Å². The Morgan fingerprint density at radius 3 is 2.53 bits per heavy atom. The van der Waals surface area contributed by atoms with Gasteiger partial charge in [0.05, 0.1) is 25.1 Å². The first-order chi connectivity index (χ1) is 8.15. The van der Waals surface area contributed by atoms with Crippen molar-refractivity contribution < 1.29 is 9.47 Å². The number of rotatable bonds is 3. The fourth-order valence-corrected chi connectivity index (χ4v) is 1.82. The third-order valence-corrected chi connectivity index (χ3v) is 2.90. The highest BCUT2D eigenvalue weighted by Gasteiger charge is 2.09. The summed E-state index contributed by atoms with van der Waals surface area (Å²) in [6.07, 6.45) is 0. The van der Waals surface area contributed by atoms with E-state index in [1.807, 2.05) is 31.2 Å². The van der Waals surface area contributed by atoms with E-state index in [2.05, 4.69) is 4.98 Å². The van der Waals surface area contributed by atoms with Gasteiger partial charge in [-0.25, -0.2) is 4.98 Å². The van der Waals surface area contributed by atoms with Crippen molar-refractivity contribution in [3.05, 3.63) is 29.8 Å². The predicted octanol–water partition coefficient (Wildman–Crippen LogP) is 3.55. The van der Waals surface area contributed by atoms with Gasteiger partial charge in [-0.2, -0.15) is 0 Å². The Balaban J connectivity index is 2.62. The highest BCUT2D eigenvalue weighted by Crippen LogP contribution is 2.30. The van der Waals surface area contributed by atoms with Crippen LogP contribution in [0.5, 0.6) is 11.6 Å². The molecule has 2 aromatic rings. The van der Waals surface area contributed by atoms with Crippen LogP contribution >= 0.6 is 11.6 Å². The van der Waals surface area contributed by atoms with Crippen LogP contribution in [0.3, 0.4) is 0 Å². The van der Waals surface area contributed by atoms with E-state index in [0.717, 1.165) is 16.5 Å². The number of alkyl halides is 1. The number of nitrogens with zero attached hydrogens (tertiary/aromatic N) is 1. The third kappa shape index (κ3) is 2.29. The molecule has 1 aromatic heterocycles. The van der Waals surface area contributed by atoms with Crippen LogP contribution in [0.25, 0.3) is 10.9 Å². The average Bonchev–Trinajstić information content (AvgIpc) is 2.36. The van der Waals surface area contributed by atoms with Crippen molar-refractivity contribution in [1.29, 1.82) is 0 Å². The second kappa shape index (κ2) is 4.80. The van der Waals surface area contributed by atoms with E-state index in [9.17, 15) is 0 Å². The van der Waals surface area contributed by atoms with E-state index in [1.54, 1.807) is 14.2 Å². The smallest absolute Gasteiger partial charge is 0.257 e. The number of fused-ring (bicyclic) bond motifs is 1. The highest BCUT2D eigenvalue weighted by molar-refractivity contribution is 6.20. The van der Waals surface area contributed by atoms with Crippen LogP contribution in [0, 0.1) is 0 Å². The molecule has 17 heavy (non-hydrogen) atoms. The Morgan fingerprint density at radius 2 is 1.94 bits per heavy atom. The first kappa shape index (κ1) is 12.0. The van der Waals surface area contributed by atoms with Gasteiger partial charge in [-0.05, 0) is 24.6 Å². The number of methoxy groups -OCH3 is 2. The molecule has 0 fully saturated rings. The molecule has 0 aliphatic heterocycles. The first-order valence-electron chi connectivity index (χ1n) is 5.32. The highest BCUT2D eigenvalue weighted by atomic mass is 35.5. The van der Waals surface area contributed by atoms with Gasteiger partial charge in [0.15, 0.2) is 5.75 Å². The first-order valence-corrected chi connectivity index (χ1v) is 5.76. The number of hydrogen-bond acceptors (Lipinski definition) is 3. The van der Waals surface area contributed by atoms with E-state index in [0.29, 0.717) is 11.6 Å². The summed E-state index contributed by atoms with van der Waals surface area (Å²) in [5.74, 6) is 1.12. The summed E-state index contributed by atoms with van der Waals surface area (Å²) in [4.78, 5) is 4.40. The van der Waals surface area contributed by atoms with Crippen LogP contribution in [0.2, 0.25) is 0 Å². The maximum atomic E-state index is 6.05. The van der Waals surface area contributed by atoms with Crippen LogP contribution < -0.4 is 9.47 Å². The maximum Gasteiger partial charge on any atom is 0.257 e. The Hall–Kier alpha value is -1.48. The minimum Gasteiger partial charge on any atom is -0.491 e. The lowest BCUT2D eigenvalue weighted by Crippen LogP contribution is -1.95. The monoisotopic (exact) mass is 251 g/mol. The number of hydrogen-bond donors (Lipinski definition) is 0. The molecule has 0 bridgehead atoms. The molecule has 0 spiro atoms. The minimum absolute atomic E-state index is 0.0331. The Labute approximate surface area is 105 Å². The zero-order valence-corrected chi connectivity index (χ0v) is 10.8. The molecule has 0 N–H and O–H groups in total. The van der Waals surface area contributed by atoms with Crippen LogP contribution in [0.15, 0.2) is 24.3 Å². The summed E-state index contributed by atoms with van der Waals surface area (Å²) in [6, 6.07) is 7.85. The van der Waals surface area contributed by atoms with Crippen LogP contribution in [-0.2, 0) is 0 Å². The van der Waals surface area contributed by atoms with Crippen LogP contribution in [0.4, 0.5) is 0 Å². The third-order valence-electron chi connectivity index (χ3n) is 2.65. The van der Waals surface area contributed by atoms with Gasteiger partial charge in [-0.1, -0.05) is 12.1 Å². The summed E-state index contributed by atoms with van der Waals surface area (Å²) in [7, 11) is 3.17. The fourth-order valence-electron chi connectivity index (χ4n) is 1.69. The molecule has 2 rings (SSSR count). The van der Waals surface area contributed by atoms with Crippen molar-refractivity contribution in [2.24, 2.45) is 0 Å².